The molecule has 2 heterocycles. The van der Waals surface area contributed by atoms with E-state index in [1.165, 1.54) is 12.8 Å². The van der Waals surface area contributed by atoms with E-state index in [4.69, 9.17) is 0 Å². The number of rotatable bonds is 2. The maximum Gasteiger partial charge on any atom is 0.222 e. The number of carbonyl (C=O) groups is 2. The molecule has 2 amide bonds. The van der Waals surface area contributed by atoms with Gasteiger partial charge in [-0.1, -0.05) is 0 Å². The van der Waals surface area contributed by atoms with Crippen molar-refractivity contribution in [1.29, 1.82) is 0 Å². The predicted molar refractivity (Wildman–Crippen MR) is 63.3 cm³/mol. The van der Waals surface area contributed by atoms with Crippen LogP contribution in [0.4, 0.5) is 0 Å². The van der Waals surface area contributed by atoms with Gasteiger partial charge in [-0.25, -0.2) is 0 Å². The molecule has 3 aliphatic rings. The topological polar surface area (TPSA) is 49.4 Å². The summed E-state index contributed by atoms with van der Waals surface area (Å²) in [4.78, 5) is 25.2. The van der Waals surface area contributed by atoms with E-state index in [0.29, 0.717) is 18.2 Å². The number of nitrogens with one attached hydrogen (secondary N) is 1. The molecule has 0 unspecified atom stereocenters. The first-order valence-corrected chi connectivity index (χ1v) is 6.76. The summed E-state index contributed by atoms with van der Waals surface area (Å²) in [5.74, 6) is 1.18. The average molecular weight is 236 g/mol. The van der Waals surface area contributed by atoms with Gasteiger partial charge in [-0.05, 0) is 38.0 Å². The predicted octanol–water partition coefficient (Wildman–Crippen LogP) is 1.06. The van der Waals surface area contributed by atoms with Crippen molar-refractivity contribution in [2.24, 2.45) is 5.92 Å². The molecule has 0 bridgehead atoms. The molecule has 94 valence electrons. The van der Waals surface area contributed by atoms with Gasteiger partial charge in [0.1, 0.15) is 0 Å². The zero-order valence-electron chi connectivity index (χ0n) is 10.2. The third-order valence-corrected chi connectivity index (χ3v) is 4.47. The van der Waals surface area contributed by atoms with Crippen molar-refractivity contribution in [3.8, 4) is 0 Å². The van der Waals surface area contributed by atoms with Crippen LogP contribution in [0.25, 0.3) is 0 Å². The SMILES string of the molecule is O=C1CCC2(CCN(C(=O)CC3CC3)CC2)N1. The fourth-order valence-corrected chi connectivity index (χ4v) is 3.03. The van der Waals surface area contributed by atoms with E-state index in [1.54, 1.807) is 0 Å². The molecule has 4 heteroatoms. The molecule has 0 aromatic rings. The van der Waals surface area contributed by atoms with Crippen LogP contribution in [-0.2, 0) is 9.59 Å². The third kappa shape index (κ3) is 2.31. The average Bonchev–Trinajstić information content (AvgIpc) is 3.05. The maximum atomic E-state index is 12.0. The molecule has 0 aromatic carbocycles. The van der Waals surface area contributed by atoms with Crippen molar-refractivity contribution in [3.05, 3.63) is 0 Å². The number of amides is 2. The Morgan fingerprint density at radius 2 is 2.00 bits per heavy atom. The van der Waals surface area contributed by atoms with Crippen molar-refractivity contribution < 1.29 is 9.59 Å². The Balaban J connectivity index is 1.52. The van der Waals surface area contributed by atoms with Crippen LogP contribution >= 0.6 is 0 Å². The minimum Gasteiger partial charge on any atom is -0.351 e. The Hall–Kier alpha value is -1.06. The van der Waals surface area contributed by atoms with Gasteiger partial charge in [-0.15, -0.1) is 0 Å². The van der Waals surface area contributed by atoms with Gasteiger partial charge in [0.25, 0.3) is 0 Å². The molecule has 1 aliphatic carbocycles. The Bertz CT molecular complexity index is 341. The number of carbonyl (C=O) groups excluding carboxylic acids is 2. The third-order valence-electron chi connectivity index (χ3n) is 4.47. The summed E-state index contributed by atoms with van der Waals surface area (Å²) in [7, 11) is 0. The van der Waals surface area contributed by atoms with Crippen LogP contribution in [0.2, 0.25) is 0 Å². The minimum absolute atomic E-state index is 0.0213. The summed E-state index contributed by atoms with van der Waals surface area (Å²) in [5, 5.41) is 3.10. The number of nitrogens with zero attached hydrogens (tertiary/aromatic N) is 1. The second kappa shape index (κ2) is 4.00. The van der Waals surface area contributed by atoms with Gasteiger partial charge in [0, 0.05) is 31.5 Å². The number of piperidine rings is 1. The summed E-state index contributed by atoms with van der Waals surface area (Å²) in [6.07, 6.45) is 6.72. The van der Waals surface area contributed by atoms with E-state index in [1.807, 2.05) is 4.90 Å². The number of likely N-dealkylation sites (tertiary alicyclic amines) is 1. The molecule has 2 saturated heterocycles. The molecule has 1 saturated carbocycles. The summed E-state index contributed by atoms with van der Waals surface area (Å²) in [6.45, 7) is 1.65. The first kappa shape index (κ1) is 11.1. The molecule has 0 atom stereocenters. The van der Waals surface area contributed by atoms with E-state index < -0.39 is 0 Å². The first-order chi connectivity index (χ1) is 8.17. The van der Waals surface area contributed by atoms with E-state index >= 15 is 0 Å². The summed E-state index contributed by atoms with van der Waals surface area (Å²) in [6, 6.07) is 0. The Morgan fingerprint density at radius 3 is 2.53 bits per heavy atom. The molecule has 3 fully saturated rings. The van der Waals surface area contributed by atoms with Crippen molar-refractivity contribution in [3.63, 3.8) is 0 Å². The lowest BCUT2D eigenvalue weighted by molar-refractivity contribution is -0.133. The largest absolute Gasteiger partial charge is 0.351 e. The number of hydrogen-bond acceptors (Lipinski definition) is 2. The van der Waals surface area contributed by atoms with Crippen molar-refractivity contribution in [2.45, 2.75) is 50.5 Å². The monoisotopic (exact) mass is 236 g/mol. The van der Waals surface area contributed by atoms with Crippen molar-refractivity contribution in [1.82, 2.24) is 10.2 Å². The number of hydrogen-bond donors (Lipinski definition) is 1. The van der Waals surface area contributed by atoms with E-state index in [0.717, 1.165) is 38.8 Å². The van der Waals surface area contributed by atoms with Crippen LogP contribution in [0.5, 0.6) is 0 Å². The van der Waals surface area contributed by atoms with Crippen LogP contribution in [0.15, 0.2) is 0 Å². The fourth-order valence-electron chi connectivity index (χ4n) is 3.03. The summed E-state index contributed by atoms with van der Waals surface area (Å²) in [5.41, 5.74) is 0.0213. The van der Waals surface area contributed by atoms with Gasteiger partial charge in [0.2, 0.25) is 11.8 Å². The highest BCUT2D eigenvalue weighted by molar-refractivity contribution is 5.80. The lowest BCUT2D eigenvalue weighted by Crippen LogP contribution is -2.52. The van der Waals surface area contributed by atoms with Gasteiger partial charge in [0.05, 0.1) is 0 Å². The van der Waals surface area contributed by atoms with Crippen LogP contribution < -0.4 is 5.32 Å². The second-order valence-electron chi connectivity index (χ2n) is 5.86. The normalized spacial score (nSPS) is 27.3. The van der Waals surface area contributed by atoms with Crippen LogP contribution in [0.1, 0.15) is 44.9 Å². The smallest absolute Gasteiger partial charge is 0.222 e. The molecule has 0 radical (unpaired) electrons. The molecule has 0 aromatic heterocycles. The highest BCUT2D eigenvalue weighted by atomic mass is 16.2. The molecule has 4 nitrogen and oxygen atoms in total. The van der Waals surface area contributed by atoms with Crippen molar-refractivity contribution in [2.75, 3.05) is 13.1 Å². The molecule has 3 rings (SSSR count). The Labute approximate surface area is 102 Å². The zero-order chi connectivity index (χ0) is 11.9. The van der Waals surface area contributed by atoms with Gasteiger partial charge in [-0.3, -0.25) is 9.59 Å². The van der Waals surface area contributed by atoms with Crippen molar-refractivity contribution >= 4 is 11.8 Å². The molecular formula is C13H20N2O2. The molecule has 1 N–H and O–H groups in total. The highest BCUT2D eigenvalue weighted by Gasteiger charge is 2.41. The lowest BCUT2D eigenvalue weighted by atomic mass is 9.86. The Kier molecular flexibility index (Phi) is 2.60. The molecule has 1 spiro atoms. The Morgan fingerprint density at radius 1 is 1.29 bits per heavy atom. The minimum atomic E-state index is 0.0213. The van der Waals surface area contributed by atoms with E-state index in [9.17, 15) is 9.59 Å². The zero-order valence-corrected chi connectivity index (χ0v) is 10.2. The van der Waals surface area contributed by atoms with E-state index in [2.05, 4.69) is 5.32 Å². The van der Waals surface area contributed by atoms with Gasteiger partial charge in [0.15, 0.2) is 0 Å². The lowest BCUT2D eigenvalue weighted by Gasteiger charge is -2.39. The van der Waals surface area contributed by atoms with Gasteiger partial charge in [-0.2, -0.15) is 0 Å². The van der Waals surface area contributed by atoms with Crippen LogP contribution in [0.3, 0.4) is 0 Å². The van der Waals surface area contributed by atoms with Crippen LogP contribution in [-0.4, -0.2) is 35.3 Å². The standard InChI is InChI=1S/C13H20N2O2/c16-11-3-4-13(14-11)5-7-15(8-6-13)12(17)9-10-1-2-10/h10H,1-9H2,(H,14,16). The summed E-state index contributed by atoms with van der Waals surface area (Å²) >= 11 is 0. The second-order valence-corrected chi connectivity index (χ2v) is 5.86. The summed E-state index contributed by atoms with van der Waals surface area (Å²) < 4.78 is 0. The quantitative estimate of drug-likeness (QED) is 0.779. The first-order valence-electron chi connectivity index (χ1n) is 6.76. The molecular weight excluding hydrogens is 216 g/mol. The fraction of sp³-hybridized carbons (Fsp3) is 0.846. The van der Waals surface area contributed by atoms with Gasteiger partial charge < -0.3 is 10.2 Å². The van der Waals surface area contributed by atoms with E-state index in [-0.39, 0.29) is 11.4 Å². The van der Waals surface area contributed by atoms with Crippen LogP contribution in [0, 0.1) is 5.92 Å². The highest BCUT2D eigenvalue weighted by Crippen LogP contribution is 2.35. The maximum absolute atomic E-state index is 12.0. The molecule has 17 heavy (non-hydrogen) atoms. The van der Waals surface area contributed by atoms with Gasteiger partial charge >= 0.3 is 0 Å². The molecule has 2 aliphatic heterocycles.